The molecule has 2 rings (SSSR count). The Bertz CT molecular complexity index is 402. The minimum absolute atomic E-state index is 0.0469. The standard InChI is InChI=1S/C11H18N4O/c1-7-4-15(5-8(7)2)11(16)10-9(12)6-14(3)13-10/h6-8H,4-5,12H2,1-3H3. The molecule has 0 radical (unpaired) electrons. The number of nitrogens with two attached hydrogens (primary N) is 1. The Morgan fingerprint density at radius 3 is 2.44 bits per heavy atom. The normalized spacial score (nSPS) is 25.1. The minimum Gasteiger partial charge on any atom is -0.396 e. The molecule has 0 saturated carbocycles. The van der Waals surface area contributed by atoms with E-state index in [0.717, 1.165) is 13.1 Å². The number of likely N-dealkylation sites (tertiary alicyclic amines) is 1. The van der Waals surface area contributed by atoms with Crippen molar-refractivity contribution in [3.63, 3.8) is 0 Å². The quantitative estimate of drug-likeness (QED) is 0.762. The van der Waals surface area contributed by atoms with E-state index in [-0.39, 0.29) is 5.91 Å². The van der Waals surface area contributed by atoms with Crippen LogP contribution in [0.1, 0.15) is 24.3 Å². The molecule has 0 spiro atoms. The molecule has 2 heterocycles. The van der Waals surface area contributed by atoms with Crippen LogP contribution in [0, 0.1) is 11.8 Å². The van der Waals surface area contributed by atoms with Crippen molar-refractivity contribution < 1.29 is 4.79 Å². The number of hydrogen-bond acceptors (Lipinski definition) is 3. The molecule has 2 N–H and O–H groups in total. The van der Waals surface area contributed by atoms with Crippen molar-refractivity contribution in [3.05, 3.63) is 11.9 Å². The van der Waals surface area contributed by atoms with Gasteiger partial charge in [0.05, 0.1) is 5.69 Å². The van der Waals surface area contributed by atoms with Crippen LogP contribution in [-0.2, 0) is 7.05 Å². The van der Waals surface area contributed by atoms with E-state index in [1.807, 2.05) is 4.90 Å². The number of amides is 1. The van der Waals surface area contributed by atoms with Gasteiger partial charge in [-0.1, -0.05) is 13.8 Å². The number of anilines is 1. The summed E-state index contributed by atoms with van der Waals surface area (Å²) >= 11 is 0. The highest BCUT2D eigenvalue weighted by molar-refractivity contribution is 5.97. The lowest BCUT2D eigenvalue weighted by atomic mass is 10.0. The largest absolute Gasteiger partial charge is 0.396 e. The molecule has 1 saturated heterocycles. The summed E-state index contributed by atoms with van der Waals surface area (Å²) in [4.78, 5) is 14.0. The first-order valence-electron chi connectivity index (χ1n) is 5.57. The Labute approximate surface area is 95.2 Å². The summed E-state index contributed by atoms with van der Waals surface area (Å²) in [5.74, 6) is 1.05. The molecule has 0 aromatic carbocycles. The summed E-state index contributed by atoms with van der Waals surface area (Å²) in [5, 5.41) is 4.11. The van der Waals surface area contributed by atoms with Crippen LogP contribution in [0.4, 0.5) is 5.69 Å². The van der Waals surface area contributed by atoms with Gasteiger partial charge in [0, 0.05) is 26.3 Å². The predicted molar refractivity (Wildman–Crippen MR) is 61.9 cm³/mol. The third kappa shape index (κ3) is 1.77. The first-order valence-corrected chi connectivity index (χ1v) is 5.57. The Balaban J connectivity index is 2.17. The summed E-state index contributed by atoms with van der Waals surface area (Å²) in [6.07, 6.45) is 1.66. The fraction of sp³-hybridized carbons (Fsp3) is 0.636. The lowest BCUT2D eigenvalue weighted by Gasteiger charge is -2.14. The average molecular weight is 222 g/mol. The highest BCUT2D eigenvalue weighted by Crippen LogP contribution is 2.24. The number of hydrogen-bond donors (Lipinski definition) is 1. The number of rotatable bonds is 1. The molecule has 1 aliphatic heterocycles. The summed E-state index contributed by atoms with van der Waals surface area (Å²) < 4.78 is 1.57. The van der Waals surface area contributed by atoms with Gasteiger partial charge in [0.2, 0.25) is 0 Å². The maximum absolute atomic E-state index is 12.1. The van der Waals surface area contributed by atoms with Crippen LogP contribution in [0.15, 0.2) is 6.20 Å². The van der Waals surface area contributed by atoms with Crippen LogP contribution in [-0.4, -0.2) is 33.7 Å². The van der Waals surface area contributed by atoms with E-state index in [9.17, 15) is 4.79 Å². The molecule has 5 nitrogen and oxygen atoms in total. The second kappa shape index (κ2) is 3.81. The third-order valence-corrected chi connectivity index (χ3v) is 3.34. The molecule has 88 valence electrons. The smallest absolute Gasteiger partial charge is 0.276 e. The predicted octanol–water partition coefficient (Wildman–Crippen LogP) is 0.730. The molecule has 1 aromatic heterocycles. The van der Waals surface area contributed by atoms with Gasteiger partial charge in [-0.05, 0) is 11.8 Å². The summed E-state index contributed by atoms with van der Waals surface area (Å²) in [7, 11) is 1.77. The maximum Gasteiger partial charge on any atom is 0.276 e. The van der Waals surface area contributed by atoms with Crippen LogP contribution in [0.2, 0.25) is 0 Å². The highest BCUT2D eigenvalue weighted by atomic mass is 16.2. The second-order valence-corrected chi connectivity index (χ2v) is 4.77. The zero-order valence-electron chi connectivity index (χ0n) is 9.97. The monoisotopic (exact) mass is 222 g/mol. The fourth-order valence-electron chi connectivity index (χ4n) is 2.12. The number of aromatic nitrogens is 2. The van der Waals surface area contributed by atoms with Crippen molar-refractivity contribution in [1.82, 2.24) is 14.7 Å². The Morgan fingerprint density at radius 1 is 1.44 bits per heavy atom. The highest BCUT2D eigenvalue weighted by Gasteiger charge is 2.31. The molecule has 0 aliphatic carbocycles. The number of nitrogen functional groups attached to an aromatic ring is 1. The lowest BCUT2D eigenvalue weighted by Crippen LogP contribution is -2.29. The molecule has 0 bridgehead atoms. The second-order valence-electron chi connectivity index (χ2n) is 4.77. The topological polar surface area (TPSA) is 64.2 Å². The number of aryl methyl sites for hydroxylation is 1. The van der Waals surface area contributed by atoms with E-state index in [4.69, 9.17) is 5.73 Å². The van der Waals surface area contributed by atoms with E-state index >= 15 is 0 Å². The Morgan fingerprint density at radius 2 is 2.00 bits per heavy atom. The molecule has 1 fully saturated rings. The van der Waals surface area contributed by atoms with Crippen molar-refractivity contribution in [1.29, 1.82) is 0 Å². The van der Waals surface area contributed by atoms with Gasteiger partial charge in [-0.25, -0.2) is 0 Å². The summed E-state index contributed by atoms with van der Waals surface area (Å²) in [6.45, 7) is 5.94. The number of nitrogens with zero attached hydrogens (tertiary/aromatic N) is 3. The SMILES string of the molecule is CC1CN(C(=O)c2nn(C)cc2N)CC1C. The van der Waals surface area contributed by atoms with Gasteiger partial charge in [-0.3, -0.25) is 9.48 Å². The van der Waals surface area contributed by atoms with Crippen LogP contribution >= 0.6 is 0 Å². The van der Waals surface area contributed by atoms with Crippen LogP contribution in [0.5, 0.6) is 0 Å². The van der Waals surface area contributed by atoms with Gasteiger partial charge in [0.25, 0.3) is 5.91 Å². The molecule has 1 aliphatic rings. The van der Waals surface area contributed by atoms with E-state index in [0.29, 0.717) is 23.2 Å². The first kappa shape index (κ1) is 11.0. The molecule has 2 atom stereocenters. The summed E-state index contributed by atoms with van der Waals surface area (Å²) in [5.41, 5.74) is 6.58. The fourth-order valence-corrected chi connectivity index (χ4v) is 2.12. The Hall–Kier alpha value is -1.52. The van der Waals surface area contributed by atoms with Gasteiger partial charge < -0.3 is 10.6 Å². The molecule has 16 heavy (non-hydrogen) atoms. The third-order valence-electron chi connectivity index (χ3n) is 3.34. The van der Waals surface area contributed by atoms with Crippen molar-refractivity contribution in [2.45, 2.75) is 13.8 Å². The molecular weight excluding hydrogens is 204 g/mol. The number of carbonyl (C=O) groups excluding carboxylic acids is 1. The lowest BCUT2D eigenvalue weighted by molar-refractivity contribution is 0.0779. The van der Waals surface area contributed by atoms with Crippen molar-refractivity contribution in [2.24, 2.45) is 18.9 Å². The molecule has 1 amide bonds. The van der Waals surface area contributed by atoms with Gasteiger partial charge in [0.1, 0.15) is 0 Å². The van der Waals surface area contributed by atoms with Crippen molar-refractivity contribution >= 4 is 11.6 Å². The molecule has 2 unspecified atom stereocenters. The summed E-state index contributed by atoms with van der Waals surface area (Å²) in [6, 6.07) is 0. The van der Waals surface area contributed by atoms with Crippen molar-refractivity contribution in [3.8, 4) is 0 Å². The Kier molecular flexibility index (Phi) is 2.61. The van der Waals surface area contributed by atoms with Crippen LogP contribution in [0.3, 0.4) is 0 Å². The molecular formula is C11H18N4O. The molecule has 1 aromatic rings. The average Bonchev–Trinajstić information content (AvgIpc) is 2.70. The van der Waals surface area contributed by atoms with E-state index in [2.05, 4.69) is 18.9 Å². The van der Waals surface area contributed by atoms with E-state index in [1.54, 1.807) is 17.9 Å². The van der Waals surface area contributed by atoms with Gasteiger partial charge in [-0.2, -0.15) is 5.10 Å². The van der Waals surface area contributed by atoms with E-state index in [1.165, 1.54) is 0 Å². The number of carbonyl (C=O) groups is 1. The first-order chi connectivity index (χ1) is 7.49. The zero-order chi connectivity index (χ0) is 11.9. The van der Waals surface area contributed by atoms with Crippen molar-refractivity contribution in [2.75, 3.05) is 18.8 Å². The van der Waals surface area contributed by atoms with Crippen LogP contribution < -0.4 is 5.73 Å². The minimum atomic E-state index is -0.0469. The van der Waals surface area contributed by atoms with Gasteiger partial charge in [-0.15, -0.1) is 0 Å². The van der Waals surface area contributed by atoms with Gasteiger partial charge in [0.15, 0.2) is 5.69 Å². The molecule has 5 heteroatoms. The van der Waals surface area contributed by atoms with E-state index < -0.39 is 0 Å². The van der Waals surface area contributed by atoms with Gasteiger partial charge >= 0.3 is 0 Å². The zero-order valence-corrected chi connectivity index (χ0v) is 9.97. The maximum atomic E-state index is 12.1. The van der Waals surface area contributed by atoms with Crippen LogP contribution in [0.25, 0.3) is 0 Å².